The van der Waals surface area contributed by atoms with Crippen LogP contribution in [0.5, 0.6) is 5.75 Å². The Balaban J connectivity index is 1.70. The summed E-state index contributed by atoms with van der Waals surface area (Å²) < 4.78 is 5.10. The lowest BCUT2D eigenvalue weighted by molar-refractivity contribution is -0.127. The fraction of sp³-hybridized carbons (Fsp3) is 0.190. The molecule has 8 heteroatoms. The highest BCUT2D eigenvalue weighted by molar-refractivity contribution is 8.18. The molecule has 6 nitrogen and oxygen atoms in total. The first-order valence-electron chi connectivity index (χ1n) is 8.74. The summed E-state index contributed by atoms with van der Waals surface area (Å²) in [6, 6.07) is 10.6. The first kappa shape index (κ1) is 21.0. The van der Waals surface area contributed by atoms with E-state index in [-0.39, 0.29) is 11.4 Å². The highest BCUT2D eigenvalue weighted by Crippen LogP contribution is 2.33. The van der Waals surface area contributed by atoms with Crippen LogP contribution in [0.4, 0.5) is 10.5 Å². The van der Waals surface area contributed by atoms with E-state index in [1.165, 1.54) is 7.11 Å². The van der Waals surface area contributed by atoms with Crippen LogP contribution in [0.25, 0.3) is 6.08 Å². The third-order valence-corrected chi connectivity index (χ3v) is 5.64. The fourth-order valence-corrected chi connectivity index (χ4v) is 3.83. The van der Waals surface area contributed by atoms with Crippen LogP contribution in [0.2, 0.25) is 5.02 Å². The molecular weight excluding hydrogens is 412 g/mol. The molecule has 0 aromatic heterocycles. The van der Waals surface area contributed by atoms with Crippen molar-refractivity contribution >= 4 is 52.2 Å². The number of amides is 3. The van der Waals surface area contributed by atoms with E-state index in [4.69, 9.17) is 16.3 Å². The van der Waals surface area contributed by atoms with Gasteiger partial charge < -0.3 is 10.1 Å². The van der Waals surface area contributed by atoms with Gasteiger partial charge in [-0.15, -0.1) is 0 Å². The third kappa shape index (κ3) is 4.81. The average molecular weight is 431 g/mol. The first-order valence-corrected chi connectivity index (χ1v) is 9.94. The minimum Gasteiger partial charge on any atom is -0.495 e. The van der Waals surface area contributed by atoms with Crippen molar-refractivity contribution in [2.75, 3.05) is 19.0 Å². The number of thioether (sulfide) groups is 1. The van der Waals surface area contributed by atoms with Crippen molar-refractivity contribution in [3.63, 3.8) is 0 Å². The number of nitrogens with zero attached hydrogens (tertiary/aromatic N) is 1. The van der Waals surface area contributed by atoms with Gasteiger partial charge in [-0.3, -0.25) is 19.3 Å². The van der Waals surface area contributed by atoms with Gasteiger partial charge in [-0.25, -0.2) is 0 Å². The summed E-state index contributed by atoms with van der Waals surface area (Å²) in [5.41, 5.74) is 3.42. The Kier molecular flexibility index (Phi) is 6.30. The molecule has 150 valence electrons. The number of hydrogen-bond acceptors (Lipinski definition) is 5. The number of hydrogen-bond donors (Lipinski definition) is 1. The zero-order valence-electron chi connectivity index (χ0n) is 16.1. The number of carbonyl (C=O) groups is 3. The predicted octanol–water partition coefficient (Wildman–Crippen LogP) is 4.64. The van der Waals surface area contributed by atoms with E-state index >= 15 is 0 Å². The van der Waals surface area contributed by atoms with Gasteiger partial charge in [-0.05, 0) is 72.6 Å². The van der Waals surface area contributed by atoms with Crippen LogP contribution < -0.4 is 10.1 Å². The van der Waals surface area contributed by atoms with Gasteiger partial charge >= 0.3 is 0 Å². The molecule has 0 atom stereocenters. The molecule has 3 amide bonds. The van der Waals surface area contributed by atoms with E-state index < -0.39 is 17.1 Å². The lowest BCUT2D eigenvalue weighted by Gasteiger charge is -2.13. The molecule has 1 saturated heterocycles. The molecule has 2 aromatic rings. The van der Waals surface area contributed by atoms with Crippen LogP contribution in [0, 0.1) is 13.8 Å². The van der Waals surface area contributed by atoms with Crippen molar-refractivity contribution in [1.29, 1.82) is 0 Å². The van der Waals surface area contributed by atoms with Gasteiger partial charge in [0.15, 0.2) is 0 Å². The highest BCUT2D eigenvalue weighted by Gasteiger charge is 2.36. The Morgan fingerprint density at radius 3 is 2.59 bits per heavy atom. The van der Waals surface area contributed by atoms with Crippen LogP contribution in [-0.4, -0.2) is 35.6 Å². The molecule has 0 bridgehead atoms. The van der Waals surface area contributed by atoms with Crippen LogP contribution in [-0.2, 0) is 9.59 Å². The van der Waals surface area contributed by atoms with Crippen LogP contribution in [0.15, 0.2) is 41.3 Å². The Morgan fingerprint density at radius 1 is 1.17 bits per heavy atom. The average Bonchev–Trinajstić information content (AvgIpc) is 2.92. The molecule has 1 heterocycles. The van der Waals surface area contributed by atoms with Gasteiger partial charge in [0, 0.05) is 5.69 Å². The Morgan fingerprint density at radius 2 is 1.93 bits per heavy atom. The van der Waals surface area contributed by atoms with Crippen molar-refractivity contribution in [2.24, 2.45) is 0 Å². The molecular formula is C21H19ClN2O4S. The number of ether oxygens (including phenoxy) is 1. The summed E-state index contributed by atoms with van der Waals surface area (Å²) in [6.45, 7) is 3.57. The summed E-state index contributed by atoms with van der Waals surface area (Å²) in [5, 5.41) is 2.62. The molecule has 1 fully saturated rings. The number of methoxy groups -OCH3 is 1. The minimum atomic E-state index is -0.512. The zero-order chi connectivity index (χ0) is 21.1. The zero-order valence-corrected chi connectivity index (χ0v) is 17.7. The summed E-state index contributed by atoms with van der Waals surface area (Å²) in [4.78, 5) is 38.3. The molecule has 3 rings (SSSR count). The molecule has 0 unspecified atom stereocenters. The monoisotopic (exact) mass is 430 g/mol. The molecule has 0 saturated carbocycles. The lowest BCUT2D eigenvalue weighted by Crippen LogP contribution is -2.36. The van der Waals surface area contributed by atoms with E-state index in [0.717, 1.165) is 27.8 Å². The maximum absolute atomic E-state index is 12.6. The maximum atomic E-state index is 12.6. The molecule has 2 aromatic carbocycles. The summed E-state index contributed by atoms with van der Waals surface area (Å²) in [7, 11) is 1.51. The quantitative estimate of drug-likeness (QED) is 0.699. The van der Waals surface area contributed by atoms with Gasteiger partial charge in [0.2, 0.25) is 5.91 Å². The topological polar surface area (TPSA) is 75.7 Å². The second-order valence-electron chi connectivity index (χ2n) is 6.51. The Hall–Kier alpha value is -2.77. The van der Waals surface area contributed by atoms with Crippen molar-refractivity contribution < 1.29 is 19.1 Å². The van der Waals surface area contributed by atoms with Crippen LogP contribution in [0.1, 0.15) is 16.7 Å². The molecule has 0 spiro atoms. The number of aryl methyl sites for hydroxylation is 2. The van der Waals surface area contributed by atoms with Crippen molar-refractivity contribution in [3.05, 3.63) is 63.0 Å². The Labute approximate surface area is 177 Å². The maximum Gasteiger partial charge on any atom is 0.294 e. The number of anilines is 1. The van der Waals surface area contributed by atoms with E-state index in [2.05, 4.69) is 5.32 Å². The summed E-state index contributed by atoms with van der Waals surface area (Å²) in [5.74, 6) is -0.439. The number of nitrogens with one attached hydrogen (secondary N) is 1. The van der Waals surface area contributed by atoms with Crippen LogP contribution >= 0.6 is 23.4 Å². The predicted molar refractivity (Wildman–Crippen MR) is 115 cm³/mol. The minimum absolute atomic E-state index is 0.232. The van der Waals surface area contributed by atoms with Gasteiger partial charge in [-0.1, -0.05) is 23.7 Å². The Bertz CT molecular complexity index is 1040. The van der Waals surface area contributed by atoms with Crippen molar-refractivity contribution in [2.45, 2.75) is 13.8 Å². The number of benzene rings is 2. The van der Waals surface area contributed by atoms with Crippen LogP contribution in [0.3, 0.4) is 0 Å². The number of carbonyl (C=O) groups excluding carboxylic acids is 3. The molecule has 1 aliphatic rings. The SMILES string of the molecule is COc1ccc(/C=C2\SC(=O)N(CC(=O)Nc3ccc(C)c(C)c3)C2=O)cc1Cl. The van der Waals surface area contributed by atoms with Gasteiger partial charge in [0.1, 0.15) is 12.3 Å². The van der Waals surface area contributed by atoms with Gasteiger partial charge in [0.25, 0.3) is 11.1 Å². The van der Waals surface area contributed by atoms with E-state index in [1.807, 2.05) is 26.0 Å². The standard InChI is InChI=1S/C21H19ClN2O4S/c1-12-4-6-15(8-13(12)2)23-19(25)11-24-20(26)18(29-21(24)27)10-14-5-7-17(28-3)16(22)9-14/h4-10H,11H2,1-3H3,(H,23,25)/b18-10-. The molecule has 1 N–H and O–H groups in total. The molecule has 0 aliphatic carbocycles. The molecule has 1 aliphatic heterocycles. The van der Waals surface area contributed by atoms with Gasteiger partial charge in [-0.2, -0.15) is 0 Å². The van der Waals surface area contributed by atoms with E-state index in [0.29, 0.717) is 22.0 Å². The first-order chi connectivity index (χ1) is 13.8. The summed E-state index contributed by atoms with van der Waals surface area (Å²) >= 11 is 6.89. The van der Waals surface area contributed by atoms with Crippen molar-refractivity contribution in [1.82, 2.24) is 4.90 Å². The second-order valence-corrected chi connectivity index (χ2v) is 7.91. The number of imide groups is 1. The second kappa shape index (κ2) is 8.71. The fourth-order valence-electron chi connectivity index (χ4n) is 2.72. The lowest BCUT2D eigenvalue weighted by atomic mass is 10.1. The smallest absolute Gasteiger partial charge is 0.294 e. The number of rotatable bonds is 5. The molecule has 29 heavy (non-hydrogen) atoms. The summed E-state index contributed by atoms with van der Waals surface area (Å²) in [6.07, 6.45) is 1.57. The van der Waals surface area contributed by atoms with Gasteiger partial charge in [0.05, 0.1) is 17.0 Å². The van der Waals surface area contributed by atoms with E-state index in [1.54, 1.807) is 30.3 Å². The molecule has 0 radical (unpaired) electrons. The normalized spacial score (nSPS) is 15.2. The van der Waals surface area contributed by atoms with E-state index in [9.17, 15) is 14.4 Å². The van der Waals surface area contributed by atoms with Crippen molar-refractivity contribution in [3.8, 4) is 5.75 Å². The largest absolute Gasteiger partial charge is 0.495 e. The number of halogens is 1. The highest BCUT2D eigenvalue weighted by atomic mass is 35.5. The third-order valence-electron chi connectivity index (χ3n) is 4.44.